The Bertz CT molecular complexity index is 570. The molecule has 1 aliphatic heterocycles. The van der Waals surface area contributed by atoms with Crippen LogP contribution in [-0.2, 0) is 10.2 Å². The highest BCUT2D eigenvalue weighted by Crippen LogP contribution is 2.26. The topological polar surface area (TPSA) is 41.6 Å². The van der Waals surface area contributed by atoms with Gasteiger partial charge in [-0.1, -0.05) is 26.0 Å². The minimum atomic E-state index is -4.35. The molecule has 0 bridgehead atoms. The number of carbonyl (C=O) groups is 1. The predicted molar refractivity (Wildman–Crippen MR) is 85.1 cm³/mol. The lowest BCUT2D eigenvalue weighted by atomic mass is 9.84. The van der Waals surface area contributed by atoms with Crippen LogP contribution < -0.4 is 10.1 Å². The lowest BCUT2D eigenvalue weighted by Gasteiger charge is -2.27. The SMILES string of the molecule is COc1ccc(C(C)(C)CN[C@@H]2CCN(CC(F)(F)F)C2=O)cc1. The fourth-order valence-electron chi connectivity index (χ4n) is 2.82. The van der Waals surface area contributed by atoms with Crippen LogP contribution in [0.3, 0.4) is 0 Å². The first-order valence-electron chi connectivity index (χ1n) is 7.86. The molecule has 0 aliphatic carbocycles. The maximum atomic E-state index is 12.4. The van der Waals surface area contributed by atoms with Crippen LogP contribution in [0.5, 0.6) is 5.75 Å². The third-order valence-corrected chi connectivity index (χ3v) is 4.33. The van der Waals surface area contributed by atoms with Gasteiger partial charge in [0.1, 0.15) is 12.3 Å². The van der Waals surface area contributed by atoms with Crippen molar-refractivity contribution >= 4 is 5.91 Å². The van der Waals surface area contributed by atoms with Crippen molar-refractivity contribution in [3.8, 4) is 5.75 Å². The third kappa shape index (κ3) is 4.63. The molecule has 1 atom stereocenters. The fraction of sp³-hybridized carbons (Fsp3) is 0.588. The lowest BCUT2D eigenvalue weighted by Crippen LogP contribution is -2.45. The van der Waals surface area contributed by atoms with Gasteiger partial charge < -0.3 is 15.0 Å². The van der Waals surface area contributed by atoms with E-state index in [0.717, 1.165) is 16.2 Å². The van der Waals surface area contributed by atoms with E-state index in [9.17, 15) is 18.0 Å². The van der Waals surface area contributed by atoms with E-state index in [1.807, 2.05) is 38.1 Å². The van der Waals surface area contributed by atoms with Gasteiger partial charge in [0.05, 0.1) is 13.2 Å². The summed E-state index contributed by atoms with van der Waals surface area (Å²) in [4.78, 5) is 12.9. The molecule has 1 saturated heterocycles. The predicted octanol–water partition coefficient (Wildman–Crippen LogP) is 2.73. The number of alkyl halides is 3. The molecule has 0 aromatic heterocycles. The highest BCUT2D eigenvalue weighted by molar-refractivity contribution is 5.84. The number of methoxy groups -OCH3 is 1. The van der Waals surface area contributed by atoms with Crippen LogP contribution in [0.25, 0.3) is 0 Å². The molecule has 1 aromatic rings. The highest BCUT2D eigenvalue weighted by Gasteiger charge is 2.39. The van der Waals surface area contributed by atoms with Gasteiger partial charge >= 0.3 is 6.18 Å². The molecular formula is C17H23F3N2O2. The van der Waals surface area contributed by atoms with E-state index in [4.69, 9.17) is 4.74 Å². The number of carbonyl (C=O) groups excluding carboxylic acids is 1. The second kappa shape index (κ2) is 7.01. The molecule has 0 unspecified atom stereocenters. The van der Waals surface area contributed by atoms with Gasteiger partial charge in [-0.15, -0.1) is 0 Å². The summed E-state index contributed by atoms with van der Waals surface area (Å²) < 4.78 is 42.5. The van der Waals surface area contributed by atoms with Gasteiger partial charge in [0.15, 0.2) is 0 Å². The van der Waals surface area contributed by atoms with Crippen molar-refractivity contribution in [3.63, 3.8) is 0 Å². The number of ether oxygens (including phenoxy) is 1. The molecule has 7 heteroatoms. The largest absolute Gasteiger partial charge is 0.497 e. The molecule has 1 N–H and O–H groups in total. The van der Waals surface area contributed by atoms with E-state index < -0.39 is 24.7 Å². The number of nitrogens with one attached hydrogen (secondary N) is 1. The molecule has 1 aliphatic rings. The van der Waals surface area contributed by atoms with Gasteiger partial charge in [-0.25, -0.2) is 0 Å². The minimum absolute atomic E-state index is 0.138. The van der Waals surface area contributed by atoms with Crippen molar-refractivity contribution in [1.82, 2.24) is 10.2 Å². The number of benzene rings is 1. The van der Waals surface area contributed by atoms with Gasteiger partial charge in [-0.05, 0) is 24.1 Å². The molecule has 1 fully saturated rings. The van der Waals surface area contributed by atoms with Gasteiger partial charge in [0.25, 0.3) is 0 Å². The first kappa shape index (κ1) is 18.6. The van der Waals surface area contributed by atoms with E-state index in [-0.39, 0.29) is 12.0 Å². The molecule has 1 heterocycles. The standard InChI is InChI=1S/C17H23F3N2O2/c1-16(2,12-4-6-13(24-3)7-5-12)10-21-14-8-9-22(15(14)23)11-17(18,19)20/h4-7,14,21H,8-11H2,1-3H3/t14-/m1/s1. The zero-order valence-electron chi connectivity index (χ0n) is 14.1. The van der Waals surface area contributed by atoms with Gasteiger partial charge in [-0.2, -0.15) is 13.2 Å². The molecular weight excluding hydrogens is 321 g/mol. The van der Waals surface area contributed by atoms with Gasteiger partial charge in [-0.3, -0.25) is 4.79 Å². The van der Waals surface area contributed by atoms with Crippen molar-refractivity contribution < 1.29 is 22.7 Å². The highest BCUT2D eigenvalue weighted by atomic mass is 19.4. The number of amides is 1. The second-order valence-electron chi connectivity index (χ2n) is 6.71. The van der Waals surface area contributed by atoms with Crippen molar-refractivity contribution in [2.24, 2.45) is 0 Å². The summed E-state index contributed by atoms with van der Waals surface area (Å²) >= 11 is 0. The summed E-state index contributed by atoms with van der Waals surface area (Å²) in [5.41, 5.74) is 0.803. The van der Waals surface area contributed by atoms with Crippen LogP contribution in [0, 0.1) is 0 Å². The molecule has 1 amide bonds. The van der Waals surface area contributed by atoms with E-state index in [0.29, 0.717) is 13.0 Å². The molecule has 4 nitrogen and oxygen atoms in total. The van der Waals surface area contributed by atoms with Crippen molar-refractivity contribution in [3.05, 3.63) is 29.8 Å². The smallest absolute Gasteiger partial charge is 0.406 e. The van der Waals surface area contributed by atoms with Crippen molar-refractivity contribution in [2.45, 2.75) is 37.9 Å². The first-order chi connectivity index (χ1) is 11.1. The second-order valence-corrected chi connectivity index (χ2v) is 6.71. The summed E-state index contributed by atoms with van der Waals surface area (Å²) in [7, 11) is 1.60. The number of hydrogen-bond donors (Lipinski definition) is 1. The van der Waals surface area contributed by atoms with E-state index in [2.05, 4.69) is 5.32 Å². The molecule has 134 valence electrons. The van der Waals surface area contributed by atoms with Crippen LogP contribution in [0.15, 0.2) is 24.3 Å². The molecule has 24 heavy (non-hydrogen) atoms. The summed E-state index contributed by atoms with van der Waals surface area (Å²) in [6.07, 6.45) is -3.96. The lowest BCUT2D eigenvalue weighted by molar-refractivity contribution is -0.158. The molecule has 1 aromatic carbocycles. The molecule has 0 spiro atoms. The number of likely N-dealkylation sites (tertiary alicyclic amines) is 1. The maximum absolute atomic E-state index is 12.4. The number of rotatable bonds is 6. The third-order valence-electron chi connectivity index (χ3n) is 4.33. The molecule has 2 rings (SSSR count). The van der Waals surface area contributed by atoms with Crippen LogP contribution in [0.2, 0.25) is 0 Å². The summed E-state index contributed by atoms with van der Waals surface area (Å²) in [5.74, 6) is 0.286. The Balaban J connectivity index is 1.93. The first-order valence-corrected chi connectivity index (χ1v) is 7.86. The Morgan fingerprint density at radius 3 is 2.42 bits per heavy atom. The number of halogens is 3. The fourth-order valence-corrected chi connectivity index (χ4v) is 2.82. The monoisotopic (exact) mass is 344 g/mol. The van der Waals surface area contributed by atoms with E-state index in [1.54, 1.807) is 7.11 Å². The average molecular weight is 344 g/mol. The summed E-state index contributed by atoms with van der Waals surface area (Å²) in [6.45, 7) is 3.50. The Hall–Kier alpha value is -1.76. The van der Waals surface area contributed by atoms with Crippen LogP contribution in [0.4, 0.5) is 13.2 Å². The van der Waals surface area contributed by atoms with E-state index >= 15 is 0 Å². The Morgan fingerprint density at radius 1 is 1.25 bits per heavy atom. The van der Waals surface area contributed by atoms with Crippen molar-refractivity contribution in [2.75, 3.05) is 26.7 Å². The quantitative estimate of drug-likeness (QED) is 0.863. The molecule has 0 radical (unpaired) electrons. The van der Waals surface area contributed by atoms with Gasteiger partial charge in [0, 0.05) is 18.5 Å². The Labute approximate surface area is 140 Å². The molecule has 0 saturated carbocycles. The van der Waals surface area contributed by atoms with Crippen LogP contribution in [0.1, 0.15) is 25.8 Å². The number of nitrogens with zero attached hydrogens (tertiary/aromatic N) is 1. The van der Waals surface area contributed by atoms with Gasteiger partial charge in [0.2, 0.25) is 5.91 Å². The zero-order valence-corrected chi connectivity index (χ0v) is 14.1. The van der Waals surface area contributed by atoms with E-state index in [1.165, 1.54) is 0 Å². The minimum Gasteiger partial charge on any atom is -0.497 e. The number of hydrogen-bond acceptors (Lipinski definition) is 3. The summed E-state index contributed by atoms with van der Waals surface area (Å²) in [5, 5.41) is 3.12. The zero-order chi connectivity index (χ0) is 18.0. The summed E-state index contributed by atoms with van der Waals surface area (Å²) in [6, 6.07) is 7.08. The van der Waals surface area contributed by atoms with Crippen LogP contribution >= 0.6 is 0 Å². The normalized spacial score (nSPS) is 19.0. The van der Waals surface area contributed by atoms with Crippen molar-refractivity contribution in [1.29, 1.82) is 0 Å². The average Bonchev–Trinajstić information content (AvgIpc) is 2.84. The Morgan fingerprint density at radius 2 is 1.88 bits per heavy atom. The van der Waals surface area contributed by atoms with Crippen LogP contribution in [-0.4, -0.2) is 49.8 Å². The maximum Gasteiger partial charge on any atom is 0.406 e. The Kier molecular flexibility index (Phi) is 5.42.